The van der Waals surface area contributed by atoms with Gasteiger partial charge in [-0.15, -0.1) is 0 Å². The molecule has 0 atom stereocenters. The fourth-order valence-corrected chi connectivity index (χ4v) is 2.49. The average Bonchev–Trinajstić information content (AvgIpc) is 2.93. The molecule has 0 bridgehead atoms. The van der Waals surface area contributed by atoms with E-state index in [0.717, 1.165) is 31.2 Å². The molecule has 0 aliphatic heterocycles. The molecule has 4 heteroatoms. The van der Waals surface area contributed by atoms with Gasteiger partial charge >= 0.3 is 0 Å². The van der Waals surface area contributed by atoms with E-state index in [-0.39, 0.29) is 0 Å². The van der Waals surface area contributed by atoms with Gasteiger partial charge in [0.1, 0.15) is 5.76 Å². The molecule has 1 aromatic heterocycles. The lowest BCUT2D eigenvalue weighted by atomic mass is 9.96. The molecule has 0 aromatic carbocycles. The molecule has 0 amide bonds. The summed E-state index contributed by atoms with van der Waals surface area (Å²) in [5.74, 6) is 1.94. The Bertz CT molecular complexity index is 367. The number of aliphatic imine (C=N–C) groups is 1. The van der Waals surface area contributed by atoms with Gasteiger partial charge in [-0.25, -0.2) is 0 Å². The van der Waals surface area contributed by atoms with Crippen LogP contribution in [0.4, 0.5) is 0 Å². The molecular formula is C15H25N3O. The van der Waals surface area contributed by atoms with Crippen molar-refractivity contribution >= 4 is 5.96 Å². The van der Waals surface area contributed by atoms with E-state index >= 15 is 0 Å². The van der Waals surface area contributed by atoms with Gasteiger partial charge in [-0.3, -0.25) is 4.99 Å². The predicted octanol–water partition coefficient (Wildman–Crippen LogP) is 2.71. The molecule has 1 saturated carbocycles. The van der Waals surface area contributed by atoms with Crippen LogP contribution in [0.2, 0.25) is 0 Å². The molecular weight excluding hydrogens is 238 g/mol. The first-order valence-electron chi connectivity index (χ1n) is 7.45. The molecule has 106 valence electrons. The summed E-state index contributed by atoms with van der Waals surface area (Å²) in [6, 6.07) is 4.51. The van der Waals surface area contributed by atoms with E-state index < -0.39 is 0 Å². The lowest BCUT2D eigenvalue weighted by Gasteiger charge is -2.24. The smallest absolute Gasteiger partial charge is 0.191 e. The summed E-state index contributed by atoms with van der Waals surface area (Å²) in [7, 11) is 0. The Morgan fingerprint density at radius 2 is 2.21 bits per heavy atom. The molecule has 19 heavy (non-hydrogen) atoms. The van der Waals surface area contributed by atoms with Crippen LogP contribution in [0, 0.1) is 0 Å². The summed E-state index contributed by atoms with van der Waals surface area (Å²) in [5, 5.41) is 6.86. The second-order valence-corrected chi connectivity index (χ2v) is 5.07. The first kappa shape index (κ1) is 14.0. The Morgan fingerprint density at radius 3 is 2.89 bits per heavy atom. The van der Waals surface area contributed by atoms with E-state index in [1.165, 1.54) is 32.1 Å². The van der Waals surface area contributed by atoms with E-state index in [9.17, 15) is 0 Å². The minimum Gasteiger partial charge on any atom is -0.469 e. The van der Waals surface area contributed by atoms with Crippen molar-refractivity contribution in [3.8, 4) is 0 Å². The average molecular weight is 263 g/mol. The van der Waals surface area contributed by atoms with Crippen LogP contribution in [0.15, 0.2) is 27.8 Å². The summed E-state index contributed by atoms with van der Waals surface area (Å²) in [6.45, 7) is 3.76. The molecule has 1 fully saturated rings. The van der Waals surface area contributed by atoms with Gasteiger partial charge in [0.25, 0.3) is 0 Å². The van der Waals surface area contributed by atoms with Gasteiger partial charge in [-0.05, 0) is 31.9 Å². The van der Waals surface area contributed by atoms with Crippen molar-refractivity contribution in [2.75, 3.05) is 13.1 Å². The van der Waals surface area contributed by atoms with Gasteiger partial charge in [0, 0.05) is 25.6 Å². The van der Waals surface area contributed by atoms with Gasteiger partial charge in [-0.1, -0.05) is 19.3 Å². The minimum atomic E-state index is 0.593. The summed E-state index contributed by atoms with van der Waals surface area (Å²) < 4.78 is 5.32. The van der Waals surface area contributed by atoms with Gasteiger partial charge in [0.05, 0.1) is 6.26 Å². The van der Waals surface area contributed by atoms with E-state index in [1.807, 2.05) is 12.1 Å². The van der Waals surface area contributed by atoms with Crippen molar-refractivity contribution in [1.29, 1.82) is 0 Å². The fourth-order valence-electron chi connectivity index (χ4n) is 2.49. The predicted molar refractivity (Wildman–Crippen MR) is 78.4 cm³/mol. The topological polar surface area (TPSA) is 49.6 Å². The molecule has 4 nitrogen and oxygen atoms in total. The van der Waals surface area contributed by atoms with Crippen molar-refractivity contribution in [3.63, 3.8) is 0 Å². The summed E-state index contributed by atoms with van der Waals surface area (Å²) in [6.07, 6.45) is 9.15. The second kappa shape index (κ2) is 7.87. The zero-order valence-electron chi connectivity index (χ0n) is 11.8. The van der Waals surface area contributed by atoms with Gasteiger partial charge in [0.2, 0.25) is 0 Å². The molecule has 0 saturated heterocycles. The molecule has 1 heterocycles. The van der Waals surface area contributed by atoms with Crippen LogP contribution >= 0.6 is 0 Å². The normalized spacial score (nSPS) is 17.4. The van der Waals surface area contributed by atoms with Gasteiger partial charge < -0.3 is 15.1 Å². The van der Waals surface area contributed by atoms with Crippen LogP contribution in [-0.2, 0) is 6.42 Å². The third kappa shape index (κ3) is 4.97. The molecule has 1 aliphatic rings. The largest absolute Gasteiger partial charge is 0.469 e. The highest BCUT2D eigenvalue weighted by Gasteiger charge is 2.14. The third-order valence-corrected chi connectivity index (χ3v) is 3.50. The number of hydrogen-bond acceptors (Lipinski definition) is 2. The van der Waals surface area contributed by atoms with Crippen LogP contribution < -0.4 is 10.6 Å². The summed E-state index contributed by atoms with van der Waals surface area (Å²) in [4.78, 5) is 4.62. The number of rotatable bonds is 5. The number of guanidine groups is 1. The Labute approximate surface area is 115 Å². The highest BCUT2D eigenvalue weighted by molar-refractivity contribution is 5.80. The Morgan fingerprint density at radius 1 is 1.37 bits per heavy atom. The molecule has 1 aromatic rings. The minimum absolute atomic E-state index is 0.593. The second-order valence-electron chi connectivity index (χ2n) is 5.07. The van der Waals surface area contributed by atoms with Gasteiger partial charge in [0.15, 0.2) is 5.96 Å². The van der Waals surface area contributed by atoms with Crippen molar-refractivity contribution in [2.24, 2.45) is 4.99 Å². The van der Waals surface area contributed by atoms with Crippen molar-refractivity contribution < 1.29 is 4.42 Å². The Kier molecular flexibility index (Phi) is 5.79. The highest BCUT2D eigenvalue weighted by atomic mass is 16.3. The van der Waals surface area contributed by atoms with E-state index in [1.54, 1.807) is 6.26 Å². The lowest BCUT2D eigenvalue weighted by molar-refractivity contribution is 0.410. The number of nitrogens with zero attached hydrogens (tertiary/aromatic N) is 1. The van der Waals surface area contributed by atoms with Gasteiger partial charge in [-0.2, -0.15) is 0 Å². The number of hydrogen-bond donors (Lipinski definition) is 2. The van der Waals surface area contributed by atoms with Crippen LogP contribution in [0.3, 0.4) is 0 Å². The maximum Gasteiger partial charge on any atom is 0.191 e. The zero-order valence-corrected chi connectivity index (χ0v) is 11.8. The SMILES string of the molecule is CCNC(=NCCc1ccco1)NC1CCCCC1. The Hall–Kier alpha value is -1.45. The number of furan rings is 1. The third-order valence-electron chi connectivity index (χ3n) is 3.50. The molecule has 0 unspecified atom stereocenters. The molecule has 0 spiro atoms. The standard InChI is InChI=1S/C15H25N3O/c1-2-16-15(18-13-7-4-3-5-8-13)17-11-10-14-9-6-12-19-14/h6,9,12-13H,2-5,7-8,10-11H2,1H3,(H2,16,17,18). The Balaban J connectivity index is 1.79. The van der Waals surface area contributed by atoms with Crippen molar-refractivity contribution in [2.45, 2.75) is 51.5 Å². The molecule has 1 aliphatic carbocycles. The molecule has 2 rings (SSSR count). The highest BCUT2D eigenvalue weighted by Crippen LogP contribution is 2.17. The zero-order chi connectivity index (χ0) is 13.3. The van der Waals surface area contributed by atoms with Crippen molar-refractivity contribution in [3.05, 3.63) is 24.2 Å². The fraction of sp³-hybridized carbons (Fsp3) is 0.667. The first-order valence-corrected chi connectivity index (χ1v) is 7.45. The van der Waals surface area contributed by atoms with E-state index in [2.05, 4.69) is 22.5 Å². The van der Waals surface area contributed by atoms with E-state index in [4.69, 9.17) is 4.42 Å². The van der Waals surface area contributed by atoms with Crippen LogP contribution in [0.25, 0.3) is 0 Å². The monoisotopic (exact) mass is 263 g/mol. The molecule has 2 N–H and O–H groups in total. The van der Waals surface area contributed by atoms with Crippen LogP contribution in [0.5, 0.6) is 0 Å². The quantitative estimate of drug-likeness (QED) is 0.634. The molecule has 0 radical (unpaired) electrons. The maximum atomic E-state index is 5.32. The van der Waals surface area contributed by atoms with Crippen molar-refractivity contribution in [1.82, 2.24) is 10.6 Å². The number of nitrogens with one attached hydrogen (secondary N) is 2. The van der Waals surface area contributed by atoms with Crippen LogP contribution in [-0.4, -0.2) is 25.1 Å². The maximum absolute atomic E-state index is 5.32. The lowest BCUT2D eigenvalue weighted by Crippen LogP contribution is -2.44. The summed E-state index contributed by atoms with van der Waals surface area (Å²) in [5.41, 5.74) is 0. The first-order chi connectivity index (χ1) is 9.38. The van der Waals surface area contributed by atoms with E-state index in [0.29, 0.717) is 6.04 Å². The van der Waals surface area contributed by atoms with Crippen LogP contribution in [0.1, 0.15) is 44.8 Å². The summed E-state index contributed by atoms with van der Waals surface area (Å²) >= 11 is 0.